The van der Waals surface area contributed by atoms with Gasteiger partial charge < -0.3 is 25.0 Å². The monoisotopic (exact) mass is 549 g/mol. The van der Waals surface area contributed by atoms with Crippen LogP contribution in [0.25, 0.3) is 33.5 Å². The van der Waals surface area contributed by atoms with Crippen molar-refractivity contribution in [3.8, 4) is 22.5 Å². The Morgan fingerprint density at radius 1 is 0.974 bits per heavy atom. The number of hydrogen-bond donors (Lipinski definition) is 3. The molecule has 2 aliphatic heterocycles. The highest BCUT2D eigenvalue weighted by Gasteiger charge is 2.33. The maximum atomic E-state index is 14.2. The minimum atomic E-state index is -1.03. The number of benzene rings is 2. The molecule has 4 heterocycles. The maximum Gasteiger partial charge on any atom is 0.161 e. The van der Waals surface area contributed by atoms with Crippen LogP contribution in [0, 0.1) is 23.3 Å². The number of aromatic nitrogens is 3. The predicted octanol–water partition coefficient (Wildman–Crippen LogP) is 4.20. The number of piperidine rings is 1. The fourth-order valence-corrected chi connectivity index (χ4v) is 4.98. The van der Waals surface area contributed by atoms with Gasteiger partial charge in [0.1, 0.15) is 17.5 Å². The fraction of sp³-hybridized carbons (Fsp3) is 0.308. The Morgan fingerprint density at radius 2 is 1.68 bits per heavy atom. The fourth-order valence-electron chi connectivity index (χ4n) is 4.98. The van der Waals surface area contributed by atoms with Crippen molar-refractivity contribution in [2.24, 2.45) is 0 Å². The number of nitrogens with zero attached hydrogens (tertiary/aromatic N) is 3. The van der Waals surface area contributed by atoms with Gasteiger partial charge in [-0.25, -0.2) is 22.5 Å². The lowest BCUT2D eigenvalue weighted by molar-refractivity contribution is -0.0214. The van der Waals surface area contributed by atoms with Crippen LogP contribution in [0.5, 0.6) is 0 Å². The minimum absolute atomic E-state index is 0. The number of aromatic amines is 1. The number of anilines is 1. The molecule has 6 rings (SSSR count). The summed E-state index contributed by atoms with van der Waals surface area (Å²) in [6.45, 7) is 1.96. The van der Waals surface area contributed by atoms with Crippen LogP contribution < -0.4 is 10.2 Å². The summed E-state index contributed by atoms with van der Waals surface area (Å²) in [6.07, 6.45) is 2.90. The first-order chi connectivity index (χ1) is 17.9. The Labute approximate surface area is 221 Å². The van der Waals surface area contributed by atoms with Gasteiger partial charge in [0.2, 0.25) is 0 Å². The highest BCUT2D eigenvalue weighted by molar-refractivity contribution is 5.91. The SMILES string of the molecule is Cl.O[C@H]1CN(c2c(-c3cc(F)cc(F)c3)cncc2-c2nc3cc(F)c(F)cc3[nH]2)CC[C@H]1NC1COC1. The Kier molecular flexibility index (Phi) is 7.28. The van der Waals surface area contributed by atoms with E-state index >= 15 is 0 Å². The summed E-state index contributed by atoms with van der Waals surface area (Å²) in [7, 11) is 0. The highest BCUT2D eigenvalue weighted by Crippen LogP contribution is 2.40. The Morgan fingerprint density at radius 3 is 2.37 bits per heavy atom. The van der Waals surface area contributed by atoms with Gasteiger partial charge in [0, 0.05) is 55.3 Å². The van der Waals surface area contributed by atoms with E-state index in [1.165, 1.54) is 24.5 Å². The molecule has 3 N–H and O–H groups in total. The van der Waals surface area contributed by atoms with Gasteiger partial charge in [0.05, 0.1) is 47.6 Å². The van der Waals surface area contributed by atoms with Crippen molar-refractivity contribution >= 4 is 29.1 Å². The van der Waals surface area contributed by atoms with Crippen molar-refractivity contribution in [3.63, 3.8) is 0 Å². The summed E-state index contributed by atoms with van der Waals surface area (Å²) < 4.78 is 61.2. The van der Waals surface area contributed by atoms with E-state index in [9.17, 15) is 22.7 Å². The van der Waals surface area contributed by atoms with E-state index in [4.69, 9.17) is 4.74 Å². The molecule has 0 unspecified atom stereocenters. The number of aliphatic hydroxyl groups is 1. The summed E-state index contributed by atoms with van der Waals surface area (Å²) in [4.78, 5) is 13.6. The van der Waals surface area contributed by atoms with E-state index in [0.29, 0.717) is 43.0 Å². The van der Waals surface area contributed by atoms with Crippen molar-refractivity contribution in [1.29, 1.82) is 0 Å². The summed E-state index contributed by atoms with van der Waals surface area (Å²) in [5.74, 6) is -3.25. The van der Waals surface area contributed by atoms with Crippen LogP contribution in [-0.4, -0.2) is 64.5 Å². The lowest BCUT2D eigenvalue weighted by atomic mass is 9.96. The number of aliphatic hydroxyl groups excluding tert-OH is 1. The number of β-amino-alcohol motifs (C(OH)–C–C–N with tert-alkyl or cyclic N) is 1. The molecule has 0 bridgehead atoms. The van der Waals surface area contributed by atoms with Crippen LogP contribution in [0.3, 0.4) is 0 Å². The van der Waals surface area contributed by atoms with E-state index in [-0.39, 0.29) is 53.5 Å². The molecule has 2 fully saturated rings. The molecule has 7 nitrogen and oxygen atoms in total. The first kappa shape index (κ1) is 26.4. The number of nitrogens with one attached hydrogen (secondary N) is 2. The molecule has 0 aliphatic carbocycles. The van der Waals surface area contributed by atoms with Crippen molar-refractivity contribution in [2.45, 2.75) is 24.6 Å². The first-order valence-corrected chi connectivity index (χ1v) is 11.9. The van der Waals surface area contributed by atoms with Crippen LogP contribution in [0.15, 0.2) is 42.7 Å². The first-order valence-electron chi connectivity index (χ1n) is 11.9. The van der Waals surface area contributed by atoms with Gasteiger partial charge in [-0.1, -0.05) is 0 Å². The molecular weight excluding hydrogens is 526 g/mol. The van der Waals surface area contributed by atoms with E-state index in [2.05, 4.69) is 20.3 Å². The number of H-pyrrole nitrogens is 1. The normalized spacial score (nSPS) is 19.9. The Bertz CT molecular complexity index is 1420. The average molecular weight is 550 g/mol. The van der Waals surface area contributed by atoms with Crippen molar-refractivity contribution in [3.05, 3.63) is 66.0 Å². The smallest absolute Gasteiger partial charge is 0.161 e. The Balaban J connectivity index is 0.00000294. The predicted molar refractivity (Wildman–Crippen MR) is 136 cm³/mol. The third-order valence-corrected chi connectivity index (χ3v) is 6.86. The van der Waals surface area contributed by atoms with E-state index in [0.717, 1.165) is 18.2 Å². The van der Waals surface area contributed by atoms with Crippen LogP contribution in [-0.2, 0) is 4.74 Å². The molecule has 2 aromatic carbocycles. The molecule has 0 saturated carbocycles. The lowest BCUT2D eigenvalue weighted by Gasteiger charge is -2.41. The van der Waals surface area contributed by atoms with Gasteiger partial charge >= 0.3 is 0 Å². The molecule has 2 aliphatic rings. The second-order valence-electron chi connectivity index (χ2n) is 9.42. The molecule has 2 aromatic heterocycles. The molecule has 0 amide bonds. The zero-order valence-electron chi connectivity index (χ0n) is 19.9. The third kappa shape index (κ3) is 4.94. The van der Waals surface area contributed by atoms with Gasteiger partial charge in [-0.15, -0.1) is 12.4 Å². The van der Waals surface area contributed by atoms with E-state index in [1.807, 2.05) is 4.90 Å². The van der Waals surface area contributed by atoms with E-state index in [1.54, 1.807) is 0 Å². The number of fused-ring (bicyclic) bond motifs is 1. The maximum absolute atomic E-state index is 14.2. The molecule has 12 heteroatoms. The van der Waals surface area contributed by atoms with Gasteiger partial charge in [0.25, 0.3) is 0 Å². The van der Waals surface area contributed by atoms with Crippen molar-refractivity contribution in [1.82, 2.24) is 20.3 Å². The standard InChI is InChI=1S/C26H23F4N5O2.ClH/c27-14-3-13(4-15(28)5-14)17-8-31-9-18(26-33-22-6-19(29)20(30)7-23(22)34-26)25(17)35-2-1-21(24(36)10-35)32-16-11-37-12-16;/h3-9,16,21,24,32,36H,1-2,10-12H2,(H,33,34);1H/t21-,24+;/m1./s1. The Hall–Kier alpha value is -3.25. The van der Waals surface area contributed by atoms with Gasteiger partial charge in [-0.05, 0) is 24.1 Å². The van der Waals surface area contributed by atoms with E-state index < -0.39 is 29.4 Å². The lowest BCUT2D eigenvalue weighted by Crippen LogP contribution is -2.59. The van der Waals surface area contributed by atoms with Crippen molar-refractivity contribution < 1.29 is 27.4 Å². The second kappa shape index (κ2) is 10.5. The summed E-state index contributed by atoms with van der Waals surface area (Å²) >= 11 is 0. The van der Waals surface area contributed by atoms with Gasteiger partial charge in [0.15, 0.2) is 11.6 Å². The van der Waals surface area contributed by atoms with Crippen molar-refractivity contribution in [2.75, 3.05) is 31.2 Å². The molecule has 2 saturated heterocycles. The summed E-state index contributed by atoms with van der Waals surface area (Å²) in [5, 5.41) is 14.4. The molecule has 38 heavy (non-hydrogen) atoms. The largest absolute Gasteiger partial charge is 0.390 e. The number of rotatable bonds is 5. The van der Waals surface area contributed by atoms with Crippen LogP contribution in [0.1, 0.15) is 6.42 Å². The third-order valence-electron chi connectivity index (χ3n) is 6.86. The van der Waals surface area contributed by atoms with Gasteiger partial charge in [-0.3, -0.25) is 4.98 Å². The van der Waals surface area contributed by atoms with Crippen LogP contribution in [0.2, 0.25) is 0 Å². The number of imidazole rings is 1. The summed E-state index contributed by atoms with van der Waals surface area (Å²) in [5.41, 5.74) is 2.20. The summed E-state index contributed by atoms with van der Waals surface area (Å²) in [6, 6.07) is 5.27. The molecule has 200 valence electrons. The number of ether oxygens (including phenoxy) is 1. The molecule has 0 radical (unpaired) electrons. The molecular formula is C26H24ClF4N5O2. The van der Waals surface area contributed by atoms with Gasteiger partial charge in [-0.2, -0.15) is 0 Å². The van der Waals surface area contributed by atoms with Crippen LogP contribution in [0.4, 0.5) is 23.2 Å². The number of pyridine rings is 1. The zero-order chi connectivity index (χ0) is 25.7. The molecule has 0 spiro atoms. The van der Waals surface area contributed by atoms with Crippen LogP contribution >= 0.6 is 12.4 Å². The number of halogens is 5. The quantitative estimate of drug-likeness (QED) is 0.324. The average Bonchev–Trinajstić information content (AvgIpc) is 3.23. The molecule has 4 aromatic rings. The number of hydrogen-bond acceptors (Lipinski definition) is 6. The topological polar surface area (TPSA) is 86.3 Å². The second-order valence-corrected chi connectivity index (χ2v) is 9.42. The molecule has 2 atom stereocenters. The zero-order valence-corrected chi connectivity index (χ0v) is 20.7. The minimum Gasteiger partial charge on any atom is -0.390 e. The highest BCUT2D eigenvalue weighted by atomic mass is 35.5.